The summed E-state index contributed by atoms with van der Waals surface area (Å²) in [5.74, 6) is 1.90. The minimum Gasteiger partial charge on any atom is -0.327 e. The molecule has 0 aliphatic heterocycles. The van der Waals surface area contributed by atoms with Crippen molar-refractivity contribution in [1.29, 1.82) is 0 Å². The zero-order valence-corrected chi connectivity index (χ0v) is 11.0. The Balaban J connectivity index is 1.80. The first kappa shape index (κ1) is 12.8. The first-order valence-corrected chi connectivity index (χ1v) is 7.89. The summed E-state index contributed by atoms with van der Waals surface area (Å²) >= 11 is 0. The summed E-state index contributed by atoms with van der Waals surface area (Å²) in [5.41, 5.74) is 7.28. The second kappa shape index (κ2) is 6.31. The van der Waals surface area contributed by atoms with Crippen molar-refractivity contribution in [3.05, 3.63) is 35.9 Å². The minimum absolute atomic E-state index is 0.127. The van der Waals surface area contributed by atoms with Gasteiger partial charge in [0, 0.05) is 28.3 Å². The van der Waals surface area contributed by atoms with E-state index in [0.29, 0.717) is 17.4 Å². The Hall–Kier alpha value is -0.670. The molecule has 2 rings (SSSR count). The van der Waals surface area contributed by atoms with E-state index in [4.69, 9.17) is 5.73 Å². The van der Waals surface area contributed by atoms with Crippen LogP contribution in [0.2, 0.25) is 0 Å². The van der Waals surface area contributed by atoms with Gasteiger partial charge in [-0.05, 0) is 24.3 Å². The molecule has 2 atom stereocenters. The molecule has 1 saturated carbocycles. The van der Waals surface area contributed by atoms with E-state index in [-0.39, 0.29) is 6.04 Å². The van der Waals surface area contributed by atoms with Crippen LogP contribution in [-0.4, -0.2) is 16.0 Å². The van der Waals surface area contributed by atoms with E-state index in [2.05, 4.69) is 0 Å². The minimum atomic E-state index is -0.822. The Morgan fingerprint density at radius 2 is 1.88 bits per heavy atom. The normalized spacial score (nSPS) is 20.3. The van der Waals surface area contributed by atoms with Crippen molar-refractivity contribution < 1.29 is 4.21 Å². The highest BCUT2D eigenvalue weighted by molar-refractivity contribution is 7.84. The van der Waals surface area contributed by atoms with Crippen LogP contribution in [0.5, 0.6) is 0 Å². The molecule has 0 heterocycles. The molecule has 17 heavy (non-hydrogen) atoms. The Labute approximate surface area is 106 Å². The highest BCUT2D eigenvalue weighted by atomic mass is 32.2. The molecule has 2 unspecified atom stereocenters. The number of benzene rings is 1. The monoisotopic (exact) mass is 251 g/mol. The van der Waals surface area contributed by atoms with Crippen molar-refractivity contribution >= 4 is 10.8 Å². The molecule has 0 amide bonds. The SMILES string of the molecule is NC(CS(=O)Cc1ccccc1)C1CCCC1. The molecule has 0 radical (unpaired) electrons. The van der Waals surface area contributed by atoms with E-state index < -0.39 is 10.8 Å². The fourth-order valence-electron chi connectivity index (χ4n) is 2.56. The summed E-state index contributed by atoms with van der Waals surface area (Å²) in [7, 11) is -0.822. The third kappa shape index (κ3) is 3.93. The molecule has 3 heteroatoms. The number of rotatable bonds is 5. The summed E-state index contributed by atoms with van der Waals surface area (Å²) in [6.07, 6.45) is 5.04. The van der Waals surface area contributed by atoms with Crippen LogP contribution < -0.4 is 5.73 Å². The van der Waals surface area contributed by atoms with Gasteiger partial charge in [0.05, 0.1) is 0 Å². The van der Waals surface area contributed by atoms with Crippen LogP contribution in [0.4, 0.5) is 0 Å². The van der Waals surface area contributed by atoms with Crippen molar-refractivity contribution in [3.63, 3.8) is 0 Å². The lowest BCUT2D eigenvalue weighted by molar-refractivity contribution is 0.460. The summed E-state index contributed by atoms with van der Waals surface area (Å²) in [5, 5.41) is 0. The van der Waals surface area contributed by atoms with Crippen LogP contribution in [0.25, 0.3) is 0 Å². The average molecular weight is 251 g/mol. The van der Waals surface area contributed by atoms with Crippen molar-refractivity contribution in [2.75, 3.05) is 5.75 Å². The molecule has 2 N–H and O–H groups in total. The van der Waals surface area contributed by atoms with E-state index in [1.807, 2.05) is 30.3 Å². The van der Waals surface area contributed by atoms with Crippen LogP contribution in [0.15, 0.2) is 30.3 Å². The van der Waals surface area contributed by atoms with Gasteiger partial charge in [0.25, 0.3) is 0 Å². The number of hydrogen-bond donors (Lipinski definition) is 1. The van der Waals surface area contributed by atoms with Crippen LogP contribution in [0.3, 0.4) is 0 Å². The highest BCUT2D eigenvalue weighted by Gasteiger charge is 2.23. The first-order valence-electron chi connectivity index (χ1n) is 6.40. The fraction of sp³-hybridized carbons (Fsp3) is 0.571. The van der Waals surface area contributed by atoms with Gasteiger partial charge < -0.3 is 5.73 Å². The van der Waals surface area contributed by atoms with Crippen molar-refractivity contribution in [2.45, 2.75) is 37.5 Å². The van der Waals surface area contributed by atoms with Gasteiger partial charge in [-0.2, -0.15) is 0 Å². The summed E-state index contributed by atoms with van der Waals surface area (Å²) in [6, 6.07) is 10.1. The lowest BCUT2D eigenvalue weighted by atomic mass is 10.0. The van der Waals surface area contributed by atoms with Crippen molar-refractivity contribution in [1.82, 2.24) is 0 Å². The standard InChI is InChI=1S/C14H21NOS/c15-14(13-8-4-5-9-13)11-17(16)10-12-6-2-1-3-7-12/h1-3,6-7,13-14H,4-5,8-11,15H2. The second-order valence-corrected chi connectivity index (χ2v) is 6.45. The molecular formula is C14H21NOS. The van der Waals surface area contributed by atoms with Crippen LogP contribution in [-0.2, 0) is 16.6 Å². The van der Waals surface area contributed by atoms with Gasteiger partial charge in [-0.1, -0.05) is 43.2 Å². The smallest absolute Gasteiger partial charge is 0.0486 e. The zero-order valence-electron chi connectivity index (χ0n) is 10.2. The Kier molecular flexibility index (Phi) is 4.75. The Morgan fingerprint density at radius 1 is 1.24 bits per heavy atom. The lowest BCUT2D eigenvalue weighted by Crippen LogP contribution is -2.34. The number of hydrogen-bond acceptors (Lipinski definition) is 2. The molecule has 1 aromatic rings. The fourth-order valence-corrected chi connectivity index (χ4v) is 3.94. The zero-order chi connectivity index (χ0) is 12.1. The molecule has 0 saturated heterocycles. The molecule has 1 aromatic carbocycles. The lowest BCUT2D eigenvalue weighted by Gasteiger charge is -2.18. The Morgan fingerprint density at radius 3 is 2.53 bits per heavy atom. The second-order valence-electron chi connectivity index (χ2n) is 4.94. The van der Waals surface area contributed by atoms with Gasteiger partial charge >= 0.3 is 0 Å². The quantitative estimate of drug-likeness (QED) is 0.873. The topological polar surface area (TPSA) is 43.1 Å². The molecule has 94 valence electrons. The molecule has 0 spiro atoms. The van der Waals surface area contributed by atoms with Crippen LogP contribution in [0.1, 0.15) is 31.2 Å². The van der Waals surface area contributed by atoms with Gasteiger partial charge in [0.1, 0.15) is 0 Å². The molecule has 1 fully saturated rings. The van der Waals surface area contributed by atoms with Gasteiger partial charge in [-0.3, -0.25) is 4.21 Å². The van der Waals surface area contributed by atoms with Gasteiger partial charge in [-0.25, -0.2) is 0 Å². The highest BCUT2D eigenvalue weighted by Crippen LogP contribution is 2.27. The van der Waals surface area contributed by atoms with E-state index in [1.54, 1.807) is 0 Å². The maximum absolute atomic E-state index is 12.0. The first-order chi connectivity index (χ1) is 8.25. The molecule has 0 aromatic heterocycles. The summed E-state index contributed by atoms with van der Waals surface area (Å²) in [6.45, 7) is 0. The predicted octanol–water partition coefficient (Wildman–Crippen LogP) is 2.45. The van der Waals surface area contributed by atoms with Crippen molar-refractivity contribution in [3.8, 4) is 0 Å². The average Bonchev–Trinajstić information content (AvgIpc) is 2.83. The predicted molar refractivity (Wildman–Crippen MR) is 73.1 cm³/mol. The molecule has 2 nitrogen and oxygen atoms in total. The summed E-state index contributed by atoms with van der Waals surface area (Å²) in [4.78, 5) is 0. The molecule has 1 aliphatic carbocycles. The Bertz CT molecular complexity index is 360. The van der Waals surface area contributed by atoms with E-state index in [0.717, 1.165) is 5.56 Å². The van der Waals surface area contributed by atoms with Gasteiger partial charge in [0.15, 0.2) is 0 Å². The third-order valence-corrected chi connectivity index (χ3v) is 4.97. The number of nitrogens with two attached hydrogens (primary N) is 1. The van der Waals surface area contributed by atoms with Crippen LogP contribution in [0, 0.1) is 5.92 Å². The molecule has 1 aliphatic rings. The maximum Gasteiger partial charge on any atom is 0.0486 e. The largest absolute Gasteiger partial charge is 0.327 e. The third-order valence-electron chi connectivity index (χ3n) is 3.55. The summed E-state index contributed by atoms with van der Waals surface area (Å²) < 4.78 is 12.0. The van der Waals surface area contributed by atoms with E-state index in [1.165, 1.54) is 25.7 Å². The van der Waals surface area contributed by atoms with Gasteiger partial charge in [0.2, 0.25) is 0 Å². The molecular weight excluding hydrogens is 230 g/mol. The van der Waals surface area contributed by atoms with Gasteiger partial charge in [-0.15, -0.1) is 0 Å². The van der Waals surface area contributed by atoms with Crippen LogP contribution >= 0.6 is 0 Å². The van der Waals surface area contributed by atoms with E-state index >= 15 is 0 Å². The van der Waals surface area contributed by atoms with E-state index in [9.17, 15) is 4.21 Å². The van der Waals surface area contributed by atoms with Crippen molar-refractivity contribution in [2.24, 2.45) is 11.7 Å². The molecule has 0 bridgehead atoms. The maximum atomic E-state index is 12.0.